The molecule has 0 saturated heterocycles. The summed E-state index contributed by atoms with van der Waals surface area (Å²) in [7, 11) is 0. The highest BCUT2D eigenvalue weighted by molar-refractivity contribution is 9.10. The van der Waals surface area contributed by atoms with Crippen molar-refractivity contribution in [3.8, 4) is 17.6 Å². The summed E-state index contributed by atoms with van der Waals surface area (Å²) in [5, 5.41) is 3.49. The summed E-state index contributed by atoms with van der Waals surface area (Å²) in [6.45, 7) is 0.703. The van der Waals surface area contributed by atoms with Gasteiger partial charge in [-0.2, -0.15) is 0 Å². The van der Waals surface area contributed by atoms with Crippen LogP contribution < -0.4 is 10.1 Å². The summed E-state index contributed by atoms with van der Waals surface area (Å²) in [4.78, 5) is 11.7. The van der Waals surface area contributed by atoms with Gasteiger partial charge in [0.15, 0.2) is 0 Å². The molecule has 1 aliphatic rings. The number of carbonyl (C=O) groups excluding carboxylic acids is 1. The van der Waals surface area contributed by atoms with Gasteiger partial charge in [0.2, 0.25) is 5.91 Å². The lowest BCUT2D eigenvalue weighted by atomic mass is 10.3. The van der Waals surface area contributed by atoms with E-state index in [-0.39, 0.29) is 5.91 Å². The fourth-order valence-electron chi connectivity index (χ4n) is 2.23. The fraction of sp³-hybridized carbons (Fsp3) is 0.471. The lowest BCUT2D eigenvalue weighted by molar-refractivity contribution is -0.118. The van der Waals surface area contributed by atoms with Crippen molar-refractivity contribution in [3.05, 3.63) is 28.7 Å². The second kappa shape index (κ2) is 9.81. The Labute approximate surface area is 144 Å². The Balaban J connectivity index is 1.55. The Morgan fingerprint density at radius 2 is 2.18 bits per heavy atom. The van der Waals surface area contributed by atoms with Gasteiger partial charge in [-0.25, -0.2) is 0 Å². The van der Waals surface area contributed by atoms with Crippen molar-refractivity contribution in [1.82, 2.24) is 5.32 Å². The van der Waals surface area contributed by atoms with Crippen LogP contribution in [-0.4, -0.2) is 30.1 Å². The topological polar surface area (TPSA) is 38.3 Å². The molecule has 1 aromatic carbocycles. The van der Waals surface area contributed by atoms with Crippen molar-refractivity contribution >= 4 is 33.6 Å². The third-order valence-electron chi connectivity index (χ3n) is 3.36. The number of benzene rings is 1. The second-order valence-corrected chi connectivity index (χ2v) is 7.30. The van der Waals surface area contributed by atoms with Gasteiger partial charge in [-0.3, -0.25) is 4.79 Å². The minimum absolute atomic E-state index is 0.0686. The number of amides is 1. The lowest BCUT2D eigenvalue weighted by Crippen LogP contribution is -2.26. The van der Waals surface area contributed by atoms with Crippen LogP contribution in [0.5, 0.6) is 5.75 Å². The van der Waals surface area contributed by atoms with Gasteiger partial charge in [0.25, 0.3) is 0 Å². The summed E-state index contributed by atoms with van der Waals surface area (Å²) in [6, 6.07) is 7.63. The molecule has 3 nitrogen and oxygen atoms in total. The monoisotopic (exact) mass is 381 g/mol. The third kappa shape index (κ3) is 6.76. The highest BCUT2D eigenvalue weighted by Gasteiger charge is 2.16. The molecule has 1 fully saturated rings. The Hall–Kier alpha value is -1.12. The molecule has 0 unspecified atom stereocenters. The maximum atomic E-state index is 11.7. The van der Waals surface area contributed by atoms with Gasteiger partial charge in [-0.15, -0.1) is 11.8 Å². The third-order valence-corrected chi connectivity index (χ3v) is 5.22. The van der Waals surface area contributed by atoms with Crippen molar-refractivity contribution in [2.45, 2.75) is 30.9 Å². The van der Waals surface area contributed by atoms with Crippen molar-refractivity contribution in [2.24, 2.45) is 0 Å². The van der Waals surface area contributed by atoms with Crippen LogP contribution in [0.1, 0.15) is 25.7 Å². The Morgan fingerprint density at radius 3 is 2.95 bits per heavy atom. The molecule has 2 rings (SSSR count). The summed E-state index contributed by atoms with van der Waals surface area (Å²) in [6.07, 6.45) is 5.13. The van der Waals surface area contributed by atoms with Crippen LogP contribution in [0.4, 0.5) is 0 Å². The number of rotatable bonds is 6. The number of carbonyl (C=O) groups is 1. The van der Waals surface area contributed by atoms with E-state index in [9.17, 15) is 4.79 Å². The largest absolute Gasteiger partial charge is 0.481 e. The SMILES string of the molecule is O=C(CSC1CCCC1)NCC#CCOc1cccc(Br)c1. The first-order valence-corrected chi connectivity index (χ1v) is 9.30. The summed E-state index contributed by atoms with van der Waals surface area (Å²) in [5.41, 5.74) is 0. The molecule has 1 aliphatic carbocycles. The molecule has 1 aromatic rings. The molecule has 0 aromatic heterocycles. The van der Waals surface area contributed by atoms with Crippen LogP contribution >= 0.6 is 27.7 Å². The van der Waals surface area contributed by atoms with Crippen molar-refractivity contribution in [1.29, 1.82) is 0 Å². The van der Waals surface area contributed by atoms with Crippen LogP contribution in [0.15, 0.2) is 28.7 Å². The van der Waals surface area contributed by atoms with E-state index in [1.54, 1.807) is 11.8 Å². The van der Waals surface area contributed by atoms with Gasteiger partial charge in [-0.05, 0) is 31.0 Å². The molecule has 0 bridgehead atoms. The average molecular weight is 382 g/mol. The highest BCUT2D eigenvalue weighted by Crippen LogP contribution is 2.28. The number of nitrogens with one attached hydrogen (secondary N) is 1. The Morgan fingerprint density at radius 1 is 1.36 bits per heavy atom. The fourth-order valence-corrected chi connectivity index (χ4v) is 3.77. The average Bonchev–Trinajstić information content (AvgIpc) is 3.02. The molecule has 22 heavy (non-hydrogen) atoms. The summed E-state index contributed by atoms with van der Waals surface area (Å²) >= 11 is 5.16. The van der Waals surface area contributed by atoms with Gasteiger partial charge in [0.1, 0.15) is 12.4 Å². The predicted octanol–water partition coefficient (Wildman–Crippen LogP) is 3.62. The molecule has 1 amide bonds. The maximum absolute atomic E-state index is 11.7. The molecule has 0 radical (unpaired) electrons. The standard InChI is InChI=1S/C17H20BrNO2S/c18-14-6-5-7-15(12-14)21-11-4-3-10-19-17(20)13-22-16-8-1-2-9-16/h5-7,12,16H,1-2,8-11,13H2,(H,19,20). The molecule has 0 spiro atoms. The number of hydrogen-bond acceptors (Lipinski definition) is 3. The van der Waals surface area contributed by atoms with Crippen molar-refractivity contribution in [3.63, 3.8) is 0 Å². The minimum atomic E-state index is 0.0686. The number of halogens is 1. The van der Waals surface area contributed by atoms with Gasteiger partial charge >= 0.3 is 0 Å². The molecule has 1 N–H and O–H groups in total. The van der Waals surface area contributed by atoms with Gasteiger partial charge in [-0.1, -0.05) is 46.7 Å². The Bertz CT molecular complexity index is 547. The molecule has 0 heterocycles. The Kier molecular flexibility index (Phi) is 7.68. The van der Waals surface area contributed by atoms with Crippen molar-refractivity contribution in [2.75, 3.05) is 18.9 Å². The van der Waals surface area contributed by atoms with E-state index in [0.29, 0.717) is 24.2 Å². The van der Waals surface area contributed by atoms with E-state index in [0.717, 1.165) is 10.2 Å². The number of ether oxygens (including phenoxy) is 1. The van der Waals surface area contributed by atoms with Crippen LogP contribution in [-0.2, 0) is 4.79 Å². The van der Waals surface area contributed by atoms with E-state index in [4.69, 9.17) is 4.74 Å². The zero-order chi connectivity index (χ0) is 15.6. The molecule has 5 heteroatoms. The maximum Gasteiger partial charge on any atom is 0.230 e. The minimum Gasteiger partial charge on any atom is -0.481 e. The highest BCUT2D eigenvalue weighted by atomic mass is 79.9. The van der Waals surface area contributed by atoms with E-state index < -0.39 is 0 Å². The van der Waals surface area contributed by atoms with E-state index in [1.807, 2.05) is 24.3 Å². The molecule has 0 aliphatic heterocycles. The van der Waals surface area contributed by atoms with Crippen LogP contribution in [0, 0.1) is 11.8 Å². The van der Waals surface area contributed by atoms with Gasteiger partial charge < -0.3 is 10.1 Å². The van der Waals surface area contributed by atoms with Crippen molar-refractivity contribution < 1.29 is 9.53 Å². The molecular weight excluding hydrogens is 362 g/mol. The first kappa shape index (κ1) is 17.2. The summed E-state index contributed by atoms with van der Waals surface area (Å²) in [5.74, 6) is 7.19. The van der Waals surface area contributed by atoms with Crippen LogP contribution in [0.2, 0.25) is 0 Å². The van der Waals surface area contributed by atoms with E-state index in [1.165, 1.54) is 25.7 Å². The molecule has 0 atom stereocenters. The zero-order valence-corrected chi connectivity index (χ0v) is 14.8. The first-order valence-electron chi connectivity index (χ1n) is 7.46. The predicted molar refractivity (Wildman–Crippen MR) is 95.1 cm³/mol. The smallest absolute Gasteiger partial charge is 0.230 e. The zero-order valence-electron chi connectivity index (χ0n) is 12.4. The van der Waals surface area contributed by atoms with Crippen LogP contribution in [0.3, 0.4) is 0 Å². The quantitative estimate of drug-likeness (QED) is 0.764. The first-order chi connectivity index (χ1) is 10.7. The summed E-state index contributed by atoms with van der Waals surface area (Å²) < 4.78 is 6.47. The molecule has 118 valence electrons. The van der Waals surface area contributed by atoms with Crippen LogP contribution in [0.25, 0.3) is 0 Å². The second-order valence-electron chi connectivity index (χ2n) is 5.09. The normalized spacial score (nSPS) is 14.2. The molecule has 1 saturated carbocycles. The molecular formula is C17H20BrNO2S. The van der Waals surface area contributed by atoms with E-state index >= 15 is 0 Å². The van der Waals surface area contributed by atoms with E-state index in [2.05, 4.69) is 33.1 Å². The number of thioether (sulfide) groups is 1. The van der Waals surface area contributed by atoms with Gasteiger partial charge in [0, 0.05) is 9.72 Å². The lowest BCUT2D eigenvalue weighted by Gasteiger charge is -2.07. The van der Waals surface area contributed by atoms with Gasteiger partial charge in [0.05, 0.1) is 12.3 Å². The number of hydrogen-bond donors (Lipinski definition) is 1.